The number of aryl methyl sites for hydroxylation is 1. The van der Waals surface area contributed by atoms with E-state index < -0.39 is 5.54 Å². The highest BCUT2D eigenvalue weighted by molar-refractivity contribution is 5.94. The Morgan fingerprint density at radius 1 is 1.26 bits per heavy atom. The molecular weight excluding hydrogens is 424 g/mol. The summed E-state index contributed by atoms with van der Waals surface area (Å²) in [7, 11) is 1.89. The molecule has 0 radical (unpaired) electrons. The van der Waals surface area contributed by atoms with E-state index in [0.717, 1.165) is 69.2 Å². The molecule has 1 aromatic rings. The number of rotatable bonds is 8. The number of aliphatic hydroxyl groups excluding tert-OH is 1. The van der Waals surface area contributed by atoms with Gasteiger partial charge in [-0.1, -0.05) is 32.0 Å². The fourth-order valence-electron chi connectivity index (χ4n) is 5.86. The first-order chi connectivity index (χ1) is 16.3. The first-order valence-corrected chi connectivity index (χ1v) is 13.1. The normalized spacial score (nSPS) is 26.6. The van der Waals surface area contributed by atoms with E-state index in [1.807, 2.05) is 18.0 Å². The maximum Gasteiger partial charge on any atom is 0.249 e. The lowest BCUT2D eigenvalue weighted by Gasteiger charge is -2.27. The van der Waals surface area contributed by atoms with Crippen LogP contribution < -0.4 is 5.73 Å². The van der Waals surface area contributed by atoms with Gasteiger partial charge in [0.2, 0.25) is 5.91 Å². The molecule has 4 rings (SSSR count). The second-order valence-electron chi connectivity index (χ2n) is 11.3. The number of ether oxygens (including phenoxy) is 1. The van der Waals surface area contributed by atoms with Crippen LogP contribution in [0.3, 0.4) is 0 Å². The van der Waals surface area contributed by atoms with Crippen molar-refractivity contribution in [3.8, 4) is 0 Å². The monoisotopic (exact) mass is 466 g/mol. The summed E-state index contributed by atoms with van der Waals surface area (Å²) in [5.41, 5.74) is 11.0. The number of allylic oxidation sites excluding steroid dienone is 2. The lowest BCUT2D eigenvalue weighted by Crippen LogP contribution is -2.40. The molecule has 5 nitrogen and oxygen atoms in total. The highest BCUT2D eigenvalue weighted by Crippen LogP contribution is 2.40. The van der Waals surface area contributed by atoms with Crippen molar-refractivity contribution in [2.75, 3.05) is 26.8 Å². The van der Waals surface area contributed by atoms with Crippen molar-refractivity contribution in [3.63, 3.8) is 0 Å². The molecule has 0 aliphatic heterocycles. The number of nitrogens with two attached hydrogens (primary N) is 1. The van der Waals surface area contributed by atoms with Crippen LogP contribution in [0.4, 0.5) is 0 Å². The van der Waals surface area contributed by atoms with Gasteiger partial charge >= 0.3 is 0 Å². The van der Waals surface area contributed by atoms with E-state index in [9.17, 15) is 9.90 Å². The summed E-state index contributed by atoms with van der Waals surface area (Å²) >= 11 is 0. The minimum Gasteiger partial charge on any atom is -0.494 e. The van der Waals surface area contributed by atoms with E-state index in [4.69, 9.17) is 10.5 Å². The minimum absolute atomic E-state index is 0.0754. The van der Waals surface area contributed by atoms with E-state index in [2.05, 4.69) is 38.1 Å². The summed E-state index contributed by atoms with van der Waals surface area (Å²) in [6.45, 7) is 5.81. The molecule has 0 bridgehead atoms. The lowest BCUT2D eigenvalue weighted by molar-refractivity contribution is -0.126. The number of nitrogens with zero attached hydrogens (tertiary/aromatic N) is 1. The van der Waals surface area contributed by atoms with Gasteiger partial charge in [0.1, 0.15) is 5.76 Å². The van der Waals surface area contributed by atoms with Gasteiger partial charge in [-0.3, -0.25) is 4.79 Å². The van der Waals surface area contributed by atoms with E-state index in [1.165, 1.54) is 16.7 Å². The number of hydrogen-bond donors (Lipinski definition) is 2. The standard InChI is InChI=1S/C29H42N2O3/c1-20(2)17-31(3)28(33)25-5-4-6-27(15-25)34-18-21-7-8-23-14-24(10-9-22(23)13-21)26-11-12-29(30,16-26)19-32/h6,9-10,14-15,20-21,26,32H,4-5,7-8,11-13,16-19,30H2,1-3H3/t21-,26+,29-/m1/s1. The van der Waals surface area contributed by atoms with Crippen LogP contribution in [0.25, 0.3) is 0 Å². The van der Waals surface area contributed by atoms with E-state index in [-0.39, 0.29) is 12.5 Å². The Balaban J connectivity index is 1.31. The van der Waals surface area contributed by atoms with Crippen molar-refractivity contribution in [2.24, 2.45) is 17.6 Å². The zero-order chi connectivity index (χ0) is 24.3. The molecule has 186 valence electrons. The molecule has 0 saturated heterocycles. The molecule has 0 spiro atoms. The Bertz CT molecular complexity index is 951. The second-order valence-corrected chi connectivity index (χ2v) is 11.3. The van der Waals surface area contributed by atoms with Gasteiger partial charge in [-0.15, -0.1) is 0 Å². The van der Waals surface area contributed by atoms with Gasteiger partial charge in [0.05, 0.1) is 13.2 Å². The van der Waals surface area contributed by atoms with Crippen molar-refractivity contribution in [1.29, 1.82) is 0 Å². The lowest BCUT2D eigenvalue weighted by atomic mass is 9.82. The van der Waals surface area contributed by atoms with Gasteiger partial charge < -0.3 is 20.5 Å². The number of hydrogen-bond acceptors (Lipinski definition) is 4. The number of likely N-dealkylation sites (N-methyl/N-ethyl adjacent to an activating group) is 1. The van der Waals surface area contributed by atoms with Crippen LogP contribution in [0.15, 0.2) is 41.7 Å². The molecule has 3 N–H and O–H groups in total. The van der Waals surface area contributed by atoms with Crippen molar-refractivity contribution >= 4 is 5.91 Å². The first kappa shape index (κ1) is 25.0. The third-order valence-corrected chi connectivity index (χ3v) is 7.81. The van der Waals surface area contributed by atoms with Gasteiger partial charge in [-0.25, -0.2) is 0 Å². The molecule has 5 heteroatoms. The second kappa shape index (κ2) is 10.7. The number of carbonyl (C=O) groups is 1. The summed E-state index contributed by atoms with van der Waals surface area (Å²) in [6, 6.07) is 6.96. The quantitative estimate of drug-likeness (QED) is 0.592. The van der Waals surface area contributed by atoms with Crippen LogP contribution in [0.1, 0.15) is 75.0 Å². The number of carbonyl (C=O) groups excluding carboxylic acids is 1. The zero-order valence-electron chi connectivity index (χ0n) is 21.2. The predicted octanol–water partition coefficient (Wildman–Crippen LogP) is 4.48. The summed E-state index contributed by atoms with van der Waals surface area (Å²) in [5, 5.41) is 9.59. The van der Waals surface area contributed by atoms with Crippen LogP contribution in [0.5, 0.6) is 0 Å². The Labute approximate surface area is 205 Å². The number of benzene rings is 1. The highest BCUT2D eigenvalue weighted by atomic mass is 16.5. The maximum atomic E-state index is 12.8. The SMILES string of the molecule is CC(C)CN(C)C(=O)C1=CC(OC[C@@H]2CCc3cc([C@H]4CC[C@](N)(CO)C4)ccc3C2)=CCC1. The molecule has 3 aliphatic carbocycles. The average molecular weight is 467 g/mol. The van der Waals surface area contributed by atoms with Crippen LogP contribution >= 0.6 is 0 Å². The van der Waals surface area contributed by atoms with Gasteiger partial charge in [0.25, 0.3) is 0 Å². The zero-order valence-corrected chi connectivity index (χ0v) is 21.2. The van der Waals surface area contributed by atoms with Gasteiger partial charge in [0.15, 0.2) is 0 Å². The molecular formula is C29H42N2O3. The molecule has 1 saturated carbocycles. The fraction of sp³-hybridized carbons (Fsp3) is 0.621. The molecule has 34 heavy (non-hydrogen) atoms. The average Bonchev–Trinajstić information content (AvgIpc) is 3.24. The first-order valence-electron chi connectivity index (χ1n) is 13.1. The van der Waals surface area contributed by atoms with E-state index in [1.54, 1.807) is 0 Å². The molecule has 1 aromatic carbocycles. The van der Waals surface area contributed by atoms with E-state index in [0.29, 0.717) is 24.4 Å². The number of aliphatic hydroxyl groups is 1. The summed E-state index contributed by atoms with van der Waals surface area (Å²) in [6.07, 6.45) is 11.8. The summed E-state index contributed by atoms with van der Waals surface area (Å²) < 4.78 is 6.20. The van der Waals surface area contributed by atoms with Gasteiger partial charge in [-0.2, -0.15) is 0 Å². The fourth-order valence-corrected chi connectivity index (χ4v) is 5.86. The van der Waals surface area contributed by atoms with Crippen LogP contribution in [-0.2, 0) is 22.4 Å². The molecule has 1 amide bonds. The summed E-state index contributed by atoms with van der Waals surface area (Å²) in [4.78, 5) is 14.6. The third-order valence-electron chi connectivity index (χ3n) is 7.81. The minimum atomic E-state index is -0.403. The Kier molecular flexibility index (Phi) is 7.83. The van der Waals surface area contributed by atoms with E-state index >= 15 is 0 Å². The van der Waals surface area contributed by atoms with Crippen LogP contribution in [0.2, 0.25) is 0 Å². The largest absolute Gasteiger partial charge is 0.494 e. The van der Waals surface area contributed by atoms with Crippen molar-refractivity contribution < 1.29 is 14.6 Å². The molecule has 3 atom stereocenters. The molecule has 1 fully saturated rings. The predicted molar refractivity (Wildman–Crippen MR) is 136 cm³/mol. The third kappa shape index (κ3) is 5.92. The summed E-state index contributed by atoms with van der Waals surface area (Å²) in [5.74, 6) is 2.39. The number of fused-ring (bicyclic) bond motifs is 1. The topological polar surface area (TPSA) is 75.8 Å². The Hall–Kier alpha value is -2.11. The van der Waals surface area contributed by atoms with Gasteiger partial charge in [-0.05, 0) is 98.0 Å². The van der Waals surface area contributed by atoms with Crippen LogP contribution in [0, 0.1) is 11.8 Å². The van der Waals surface area contributed by atoms with Crippen molar-refractivity contribution in [1.82, 2.24) is 4.90 Å². The maximum absolute atomic E-state index is 12.8. The van der Waals surface area contributed by atoms with Gasteiger partial charge in [0, 0.05) is 24.7 Å². The van der Waals surface area contributed by atoms with Crippen LogP contribution in [-0.4, -0.2) is 48.3 Å². The van der Waals surface area contributed by atoms with Crippen molar-refractivity contribution in [2.45, 2.75) is 76.7 Å². The van der Waals surface area contributed by atoms with Crippen molar-refractivity contribution in [3.05, 3.63) is 58.4 Å². The molecule has 0 unspecified atom stereocenters. The number of amides is 1. The Morgan fingerprint density at radius 2 is 2.09 bits per heavy atom. The molecule has 3 aliphatic rings. The Morgan fingerprint density at radius 3 is 2.82 bits per heavy atom. The highest BCUT2D eigenvalue weighted by Gasteiger charge is 2.36. The molecule has 0 heterocycles. The smallest absolute Gasteiger partial charge is 0.249 e. The molecule has 0 aromatic heterocycles.